The van der Waals surface area contributed by atoms with E-state index in [1.54, 1.807) is 24.3 Å². The third-order valence-electron chi connectivity index (χ3n) is 4.31. The molecule has 3 amide bonds. The zero-order chi connectivity index (χ0) is 23.5. The van der Waals surface area contributed by atoms with E-state index in [2.05, 4.69) is 10.2 Å². The summed E-state index contributed by atoms with van der Waals surface area (Å²) in [6.07, 6.45) is -4.55. The molecule has 12 heteroatoms. The largest absolute Gasteiger partial charge is 0.497 e. The molecule has 1 unspecified atom stereocenters. The number of imide groups is 1. The third kappa shape index (κ3) is 5.19. The number of halogens is 3. The average Bonchev–Trinajstić information content (AvgIpc) is 3.16. The highest BCUT2D eigenvalue weighted by Crippen LogP contribution is 2.34. The van der Waals surface area contributed by atoms with Gasteiger partial charge in [0.15, 0.2) is 11.0 Å². The number of benzene rings is 2. The topological polar surface area (TPSA) is 112 Å². The Morgan fingerprint density at radius 3 is 2.44 bits per heavy atom. The second-order valence-electron chi connectivity index (χ2n) is 6.53. The van der Waals surface area contributed by atoms with Crippen LogP contribution in [0.15, 0.2) is 53.7 Å². The molecule has 3 N–H and O–H groups in total. The summed E-state index contributed by atoms with van der Waals surface area (Å²) in [6.45, 7) is 1.50. The van der Waals surface area contributed by atoms with Crippen molar-refractivity contribution in [2.45, 2.75) is 23.5 Å². The molecular formula is C20H18F3N5O3S. The van der Waals surface area contributed by atoms with Gasteiger partial charge in [-0.2, -0.15) is 13.2 Å². The number of nitrogens with one attached hydrogen (secondary N) is 1. The molecule has 0 saturated carbocycles. The van der Waals surface area contributed by atoms with Gasteiger partial charge in [-0.05, 0) is 49.4 Å². The summed E-state index contributed by atoms with van der Waals surface area (Å²) < 4.78 is 46.4. The number of nitrogens with zero attached hydrogens (tertiary/aromatic N) is 3. The first-order valence-corrected chi connectivity index (χ1v) is 10.0. The van der Waals surface area contributed by atoms with Gasteiger partial charge in [-0.3, -0.25) is 14.7 Å². The summed E-state index contributed by atoms with van der Waals surface area (Å²) in [5.74, 6) is 0.175. The lowest BCUT2D eigenvalue weighted by Crippen LogP contribution is -2.39. The van der Waals surface area contributed by atoms with Gasteiger partial charge in [0.1, 0.15) is 5.75 Å². The van der Waals surface area contributed by atoms with Gasteiger partial charge >= 0.3 is 12.2 Å². The molecule has 0 aliphatic heterocycles. The van der Waals surface area contributed by atoms with Crippen molar-refractivity contribution in [2.75, 3.05) is 7.11 Å². The minimum atomic E-state index is -4.55. The number of rotatable bonds is 6. The number of carbonyl (C=O) groups is 2. The molecule has 0 aliphatic carbocycles. The molecule has 3 aromatic rings. The fraction of sp³-hybridized carbons (Fsp3) is 0.200. The van der Waals surface area contributed by atoms with Crippen LogP contribution in [0, 0.1) is 0 Å². The fourth-order valence-electron chi connectivity index (χ4n) is 2.76. The number of methoxy groups -OCH3 is 1. The van der Waals surface area contributed by atoms with Gasteiger partial charge in [0.25, 0.3) is 0 Å². The highest BCUT2D eigenvalue weighted by atomic mass is 32.2. The second-order valence-corrected chi connectivity index (χ2v) is 7.84. The molecule has 2 aromatic carbocycles. The zero-order valence-electron chi connectivity index (χ0n) is 16.9. The van der Waals surface area contributed by atoms with E-state index >= 15 is 0 Å². The van der Waals surface area contributed by atoms with Crippen molar-refractivity contribution in [1.29, 1.82) is 0 Å². The van der Waals surface area contributed by atoms with Crippen molar-refractivity contribution in [2.24, 2.45) is 5.73 Å². The lowest BCUT2D eigenvalue weighted by Gasteiger charge is -2.15. The Labute approximate surface area is 185 Å². The SMILES string of the molecule is COc1ccc(-c2nnc(SC(C)C(=O)NC(N)=O)n2-c2cccc(C(F)(F)F)c2)cc1. The molecule has 0 saturated heterocycles. The van der Waals surface area contributed by atoms with Crippen LogP contribution in [0.5, 0.6) is 5.75 Å². The van der Waals surface area contributed by atoms with Crippen molar-refractivity contribution < 1.29 is 27.5 Å². The quantitative estimate of drug-likeness (QED) is 0.538. The van der Waals surface area contributed by atoms with E-state index in [1.165, 1.54) is 30.7 Å². The molecule has 1 atom stereocenters. The maximum absolute atomic E-state index is 13.3. The number of ether oxygens (including phenoxy) is 1. The first-order valence-electron chi connectivity index (χ1n) is 9.14. The van der Waals surface area contributed by atoms with Crippen LogP contribution in [-0.4, -0.2) is 39.1 Å². The number of amides is 3. The summed E-state index contributed by atoms with van der Waals surface area (Å²) in [7, 11) is 1.51. The molecule has 0 radical (unpaired) electrons. The molecule has 0 bridgehead atoms. The smallest absolute Gasteiger partial charge is 0.416 e. The van der Waals surface area contributed by atoms with Crippen LogP contribution in [0.4, 0.5) is 18.0 Å². The number of thioether (sulfide) groups is 1. The molecule has 0 spiro atoms. The Kier molecular flexibility index (Phi) is 6.72. The molecule has 1 heterocycles. The minimum Gasteiger partial charge on any atom is -0.497 e. The van der Waals surface area contributed by atoms with Crippen molar-refractivity contribution in [3.63, 3.8) is 0 Å². The van der Waals surface area contributed by atoms with Crippen molar-refractivity contribution >= 4 is 23.7 Å². The molecule has 0 aliphatic rings. The average molecular weight is 465 g/mol. The number of nitrogens with two attached hydrogens (primary N) is 1. The van der Waals surface area contributed by atoms with E-state index in [4.69, 9.17) is 10.5 Å². The van der Waals surface area contributed by atoms with Gasteiger partial charge in [0.2, 0.25) is 5.91 Å². The normalized spacial score (nSPS) is 12.3. The minimum absolute atomic E-state index is 0.153. The number of primary amides is 1. The summed E-state index contributed by atoms with van der Waals surface area (Å²) in [6, 6.07) is 10.4. The highest BCUT2D eigenvalue weighted by Gasteiger charge is 2.31. The van der Waals surface area contributed by atoms with Crippen LogP contribution in [0.25, 0.3) is 17.1 Å². The number of alkyl halides is 3. The Hall–Kier alpha value is -3.54. The standard InChI is InChI=1S/C20H18F3N5O3S/c1-11(17(29)25-18(24)30)32-19-27-26-16(12-6-8-15(31-2)9-7-12)28(19)14-5-3-4-13(10-14)20(21,22)23/h3-11H,1-2H3,(H3,24,25,29,30). The van der Waals surface area contributed by atoms with Gasteiger partial charge in [-0.1, -0.05) is 17.8 Å². The fourth-order valence-corrected chi connectivity index (χ4v) is 3.63. The monoisotopic (exact) mass is 465 g/mol. The Morgan fingerprint density at radius 1 is 1.16 bits per heavy atom. The third-order valence-corrected chi connectivity index (χ3v) is 5.35. The predicted molar refractivity (Wildman–Crippen MR) is 111 cm³/mol. The number of hydrogen-bond acceptors (Lipinski definition) is 6. The highest BCUT2D eigenvalue weighted by molar-refractivity contribution is 8.00. The maximum atomic E-state index is 13.3. The van der Waals surface area contributed by atoms with E-state index < -0.39 is 28.9 Å². The van der Waals surface area contributed by atoms with Crippen LogP contribution in [-0.2, 0) is 11.0 Å². The molecule has 0 fully saturated rings. The first kappa shape index (κ1) is 23.1. The molecule has 1 aromatic heterocycles. The Balaban J connectivity index is 2.09. The molecule has 3 rings (SSSR count). The summed E-state index contributed by atoms with van der Waals surface area (Å²) >= 11 is 0.915. The van der Waals surface area contributed by atoms with E-state index in [0.29, 0.717) is 11.3 Å². The summed E-state index contributed by atoms with van der Waals surface area (Å²) in [4.78, 5) is 23.0. The van der Waals surface area contributed by atoms with Crippen LogP contribution in [0.2, 0.25) is 0 Å². The Morgan fingerprint density at radius 2 is 1.84 bits per heavy atom. The molecular weight excluding hydrogens is 447 g/mol. The van der Waals surface area contributed by atoms with Crippen LogP contribution in [0.3, 0.4) is 0 Å². The first-order chi connectivity index (χ1) is 15.1. The second kappa shape index (κ2) is 9.30. The van der Waals surface area contributed by atoms with Crippen molar-refractivity contribution in [1.82, 2.24) is 20.1 Å². The number of aromatic nitrogens is 3. The van der Waals surface area contributed by atoms with Crippen molar-refractivity contribution in [3.8, 4) is 22.8 Å². The van der Waals surface area contributed by atoms with E-state index in [9.17, 15) is 22.8 Å². The van der Waals surface area contributed by atoms with Gasteiger partial charge in [-0.15, -0.1) is 10.2 Å². The lowest BCUT2D eigenvalue weighted by atomic mass is 10.1. The van der Waals surface area contributed by atoms with E-state index in [-0.39, 0.29) is 16.7 Å². The number of hydrogen-bond donors (Lipinski definition) is 2. The summed E-state index contributed by atoms with van der Waals surface area (Å²) in [5.41, 5.74) is 4.85. The molecule has 32 heavy (non-hydrogen) atoms. The van der Waals surface area contributed by atoms with Gasteiger partial charge in [-0.25, -0.2) is 4.79 Å². The van der Waals surface area contributed by atoms with Gasteiger partial charge in [0.05, 0.1) is 23.6 Å². The zero-order valence-corrected chi connectivity index (χ0v) is 17.7. The number of urea groups is 1. The van der Waals surface area contributed by atoms with E-state index in [0.717, 1.165) is 23.9 Å². The Bertz CT molecular complexity index is 1130. The van der Waals surface area contributed by atoms with Crippen LogP contribution in [0.1, 0.15) is 12.5 Å². The maximum Gasteiger partial charge on any atom is 0.416 e. The van der Waals surface area contributed by atoms with E-state index in [1.807, 2.05) is 5.32 Å². The van der Waals surface area contributed by atoms with Crippen LogP contribution >= 0.6 is 11.8 Å². The molecule has 8 nitrogen and oxygen atoms in total. The number of carbonyl (C=O) groups excluding carboxylic acids is 2. The molecule has 168 valence electrons. The lowest BCUT2D eigenvalue weighted by molar-refractivity contribution is -0.137. The van der Waals surface area contributed by atoms with Crippen LogP contribution < -0.4 is 15.8 Å². The van der Waals surface area contributed by atoms with Crippen molar-refractivity contribution in [3.05, 3.63) is 54.1 Å². The van der Waals surface area contributed by atoms with Gasteiger partial charge in [0, 0.05) is 5.56 Å². The summed E-state index contributed by atoms with van der Waals surface area (Å²) in [5, 5.41) is 9.48. The predicted octanol–water partition coefficient (Wildman–Crippen LogP) is 3.64. The van der Waals surface area contributed by atoms with Gasteiger partial charge < -0.3 is 10.5 Å².